The summed E-state index contributed by atoms with van der Waals surface area (Å²) in [5.41, 5.74) is 0.761. The molecule has 1 unspecified atom stereocenters. The molecule has 29 heavy (non-hydrogen) atoms. The summed E-state index contributed by atoms with van der Waals surface area (Å²) in [5.74, 6) is -0.692. The highest BCUT2D eigenvalue weighted by Gasteiger charge is 2.42. The van der Waals surface area contributed by atoms with Crippen LogP contribution in [0.5, 0.6) is 0 Å². The maximum atomic E-state index is 14.4. The molecular formula is C22H24F2N2O3. The van der Waals surface area contributed by atoms with E-state index in [2.05, 4.69) is 10.2 Å². The standard InChI is InChI=1S/C22H24F2N2O3/c23-17-7-5-16(6-8-17)20(18-3-1-2-4-19(18)24)28-14-13-26-11-9-22(10-12-26)15-25-21(27)29-22/h1-8,20H,9-15H2,(H,25,27). The molecule has 2 saturated heterocycles. The zero-order valence-corrected chi connectivity index (χ0v) is 16.1. The molecule has 2 aliphatic heterocycles. The van der Waals surface area contributed by atoms with E-state index in [1.807, 2.05) is 0 Å². The zero-order chi connectivity index (χ0) is 20.3. The fourth-order valence-corrected chi connectivity index (χ4v) is 3.96. The Morgan fingerprint density at radius 1 is 1.10 bits per heavy atom. The first kappa shape index (κ1) is 19.8. The molecule has 0 saturated carbocycles. The van der Waals surface area contributed by atoms with Gasteiger partial charge >= 0.3 is 6.09 Å². The van der Waals surface area contributed by atoms with Crippen molar-refractivity contribution in [2.24, 2.45) is 0 Å². The molecule has 154 valence electrons. The Balaban J connectivity index is 1.37. The second-order valence-corrected chi connectivity index (χ2v) is 7.59. The zero-order valence-electron chi connectivity index (χ0n) is 16.1. The van der Waals surface area contributed by atoms with Gasteiger partial charge in [0.05, 0.1) is 13.2 Å². The highest BCUT2D eigenvalue weighted by Crippen LogP contribution is 2.30. The lowest BCUT2D eigenvalue weighted by atomic mass is 9.92. The Morgan fingerprint density at radius 2 is 1.83 bits per heavy atom. The quantitative estimate of drug-likeness (QED) is 0.802. The summed E-state index contributed by atoms with van der Waals surface area (Å²) in [4.78, 5) is 13.6. The van der Waals surface area contributed by atoms with Crippen LogP contribution in [0, 0.1) is 11.6 Å². The van der Waals surface area contributed by atoms with E-state index in [-0.39, 0.29) is 23.3 Å². The molecule has 7 heteroatoms. The second kappa shape index (κ2) is 8.47. The molecule has 2 fully saturated rings. The fraction of sp³-hybridized carbons (Fsp3) is 0.409. The first-order valence-corrected chi connectivity index (χ1v) is 9.85. The number of rotatable bonds is 6. The summed E-state index contributed by atoms with van der Waals surface area (Å²) in [6, 6.07) is 12.4. The minimum atomic E-state index is -0.604. The van der Waals surface area contributed by atoms with Crippen LogP contribution in [-0.2, 0) is 9.47 Å². The highest BCUT2D eigenvalue weighted by molar-refractivity contribution is 5.70. The van der Waals surface area contributed by atoms with Crippen LogP contribution in [0.4, 0.5) is 13.6 Å². The van der Waals surface area contributed by atoms with Gasteiger partial charge in [-0.1, -0.05) is 30.3 Å². The number of alkyl carbamates (subject to hydrolysis) is 1. The lowest BCUT2D eigenvalue weighted by molar-refractivity contribution is -0.0107. The van der Waals surface area contributed by atoms with Gasteiger partial charge in [0.1, 0.15) is 23.3 Å². The molecule has 1 spiro atoms. The van der Waals surface area contributed by atoms with Crippen LogP contribution in [0.1, 0.15) is 30.1 Å². The SMILES string of the molecule is O=C1NCC2(CCN(CCOC(c3ccc(F)cc3)c3ccccc3F)CC2)O1. The van der Waals surface area contributed by atoms with Crippen LogP contribution in [0.2, 0.25) is 0 Å². The largest absolute Gasteiger partial charge is 0.441 e. The number of ether oxygens (including phenoxy) is 2. The molecule has 0 radical (unpaired) electrons. The summed E-state index contributed by atoms with van der Waals surface area (Å²) in [5, 5.41) is 2.73. The summed E-state index contributed by atoms with van der Waals surface area (Å²) >= 11 is 0. The number of hydrogen-bond donors (Lipinski definition) is 1. The van der Waals surface area contributed by atoms with E-state index in [1.165, 1.54) is 18.2 Å². The maximum absolute atomic E-state index is 14.4. The third kappa shape index (κ3) is 4.57. The van der Waals surface area contributed by atoms with Crippen molar-refractivity contribution < 1.29 is 23.0 Å². The molecule has 2 aliphatic rings. The molecule has 0 aromatic heterocycles. The first-order valence-electron chi connectivity index (χ1n) is 9.85. The number of amides is 1. The number of nitrogens with one attached hydrogen (secondary N) is 1. The maximum Gasteiger partial charge on any atom is 0.407 e. The Kier molecular flexibility index (Phi) is 5.78. The van der Waals surface area contributed by atoms with Crippen LogP contribution in [0.25, 0.3) is 0 Å². The third-order valence-electron chi connectivity index (χ3n) is 5.68. The van der Waals surface area contributed by atoms with Crippen molar-refractivity contribution in [2.45, 2.75) is 24.5 Å². The van der Waals surface area contributed by atoms with E-state index in [4.69, 9.17) is 9.47 Å². The van der Waals surface area contributed by atoms with Crippen LogP contribution >= 0.6 is 0 Å². The van der Waals surface area contributed by atoms with Gasteiger partial charge in [-0.25, -0.2) is 13.6 Å². The van der Waals surface area contributed by atoms with E-state index in [1.54, 1.807) is 30.3 Å². The summed E-state index contributed by atoms with van der Waals surface area (Å²) in [7, 11) is 0. The summed E-state index contributed by atoms with van der Waals surface area (Å²) < 4.78 is 39.2. The fourth-order valence-electron chi connectivity index (χ4n) is 3.96. The molecule has 0 bridgehead atoms. The Labute approximate surface area is 168 Å². The molecule has 0 aliphatic carbocycles. The normalized spacial score (nSPS) is 19.7. The molecule has 1 N–H and O–H groups in total. The van der Waals surface area contributed by atoms with Gasteiger partial charge in [0, 0.05) is 38.0 Å². The Morgan fingerprint density at radius 3 is 2.48 bits per heavy atom. The van der Waals surface area contributed by atoms with Crippen molar-refractivity contribution in [3.8, 4) is 0 Å². The number of benzene rings is 2. The van der Waals surface area contributed by atoms with Crippen molar-refractivity contribution in [2.75, 3.05) is 32.8 Å². The number of carbonyl (C=O) groups excluding carboxylic acids is 1. The van der Waals surface area contributed by atoms with Crippen LogP contribution in [-0.4, -0.2) is 49.4 Å². The van der Waals surface area contributed by atoms with E-state index in [0.717, 1.165) is 25.9 Å². The minimum absolute atomic E-state index is 0.339. The van der Waals surface area contributed by atoms with Gasteiger partial charge in [0.2, 0.25) is 0 Å². The van der Waals surface area contributed by atoms with Crippen molar-refractivity contribution in [3.63, 3.8) is 0 Å². The summed E-state index contributed by atoms with van der Waals surface area (Å²) in [6.45, 7) is 3.26. The predicted octanol–water partition coefficient (Wildman–Crippen LogP) is 3.65. The monoisotopic (exact) mass is 402 g/mol. The average Bonchev–Trinajstić information content (AvgIpc) is 3.09. The van der Waals surface area contributed by atoms with Gasteiger partial charge in [0.25, 0.3) is 0 Å². The van der Waals surface area contributed by atoms with E-state index >= 15 is 0 Å². The number of piperidine rings is 1. The predicted molar refractivity (Wildman–Crippen MR) is 103 cm³/mol. The Hall–Kier alpha value is -2.51. The number of carbonyl (C=O) groups is 1. The molecule has 5 nitrogen and oxygen atoms in total. The third-order valence-corrected chi connectivity index (χ3v) is 5.68. The summed E-state index contributed by atoms with van der Waals surface area (Å²) in [6.07, 6.45) is 0.614. The molecule has 2 heterocycles. The molecule has 2 aromatic rings. The van der Waals surface area contributed by atoms with Crippen molar-refractivity contribution in [1.82, 2.24) is 10.2 Å². The molecule has 2 aromatic carbocycles. The van der Waals surface area contributed by atoms with Crippen molar-refractivity contribution in [1.29, 1.82) is 0 Å². The number of halogens is 2. The second-order valence-electron chi connectivity index (χ2n) is 7.59. The first-order chi connectivity index (χ1) is 14.0. The van der Waals surface area contributed by atoms with Crippen LogP contribution < -0.4 is 5.32 Å². The lowest BCUT2D eigenvalue weighted by Crippen LogP contribution is -2.47. The number of likely N-dealkylation sites (tertiary alicyclic amines) is 1. The van der Waals surface area contributed by atoms with Gasteiger partial charge in [-0.3, -0.25) is 0 Å². The molecule has 1 atom stereocenters. The molecular weight excluding hydrogens is 378 g/mol. The number of hydrogen-bond acceptors (Lipinski definition) is 4. The molecule has 4 rings (SSSR count). The van der Waals surface area contributed by atoms with Crippen LogP contribution in [0.15, 0.2) is 48.5 Å². The Bertz CT molecular complexity index is 851. The number of nitrogens with zero attached hydrogens (tertiary/aromatic N) is 1. The smallest absolute Gasteiger partial charge is 0.407 e. The average molecular weight is 402 g/mol. The van der Waals surface area contributed by atoms with Gasteiger partial charge in [-0.2, -0.15) is 0 Å². The topological polar surface area (TPSA) is 50.8 Å². The van der Waals surface area contributed by atoms with E-state index in [0.29, 0.717) is 30.8 Å². The van der Waals surface area contributed by atoms with Crippen molar-refractivity contribution in [3.05, 3.63) is 71.3 Å². The van der Waals surface area contributed by atoms with Crippen molar-refractivity contribution >= 4 is 6.09 Å². The van der Waals surface area contributed by atoms with Crippen LogP contribution in [0.3, 0.4) is 0 Å². The molecule has 1 amide bonds. The van der Waals surface area contributed by atoms with Gasteiger partial charge in [0.15, 0.2) is 0 Å². The minimum Gasteiger partial charge on any atom is -0.441 e. The van der Waals surface area contributed by atoms with Gasteiger partial charge < -0.3 is 19.7 Å². The van der Waals surface area contributed by atoms with Gasteiger partial charge in [-0.05, 0) is 23.8 Å². The lowest BCUT2D eigenvalue weighted by Gasteiger charge is -2.37. The van der Waals surface area contributed by atoms with E-state index < -0.39 is 6.10 Å². The van der Waals surface area contributed by atoms with Gasteiger partial charge in [-0.15, -0.1) is 0 Å². The van der Waals surface area contributed by atoms with E-state index in [9.17, 15) is 13.6 Å². The highest BCUT2D eigenvalue weighted by atomic mass is 19.1.